The van der Waals surface area contributed by atoms with Crippen molar-refractivity contribution in [3.63, 3.8) is 0 Å². The van der Waals surface area contributed by atoms with Crippen molar-refractivity contribution < 1.29 is 4.74 Å². The molecule has 0 saturated heterocycles. The number of aromatic nitrogens is 1. The standard InChI is InChI=1S/C13H13BrN2O/c14-11-3-1-10(2-4-11)9-17-13-5-6-16-12(7-13)8-15/h1-7H,8-9,15H2. The highest BCUT2D eigenvalue weighted by atomic mass is 79.9. The quantitative estimate of drug-likeness (QED) is 0.943. The molecule has 1 aromatic carbocycles. The van der Waals surface area contributed by atoms with E-state index >= 15 is 0 Å². The molecule has 0 amide bonds. The van der Waals surface area contributed by atoms with Gasteiger partial charge < -0.3 is 10.5 Å². The lowest BCUT2D eigenvalue weighted by Gasteiger charge is -2.07. The summed E-state index contributed by atoms with van der Waals surface area (Å²) >= 11 is 3.40. The van der Waals surface area contributed by atoms with E-state index in [-0.39, 0.29) is 0 Å². The van der Waals surface area contributed by atoms with Gasteiger partial charge in [0.2, 0.25) is 0 Å². The van der Waals surface area contributed by atoms with Crippen LogP contribution in [0.3, 0.4) is 0 Å². The lowest BCUT2D eigenvalue weighted by Crippen LogP contribution is -2.01. The molecule has 88 valence electrons. The van der Waals surface area contributed by atoms with Crippen molar-refractivity contribution in [1.29, 1.82) is 0 Å². The third-order valence-electron chi connectivity index (χ3n) is 2.32. The van der Waals surface area contributed by atoms with E-state index in [9.17, 15) is 0 Å². The number of rotatable bonds is 4. The van der Waals surface area contributed by atoms with E-state index in [0.29, 0.717) is 13.2 Å². The van der Waals surface area contributed by atoms with Crippen molar-refractivity contribution in [1.82, 2.24) is 4.98 Å². The van der Waals surface area contributed by atoms with Gasteiger partial charge in [0.15, 0.2) is 0 Å². The first kappa shape index (κ1) is 12.1. The second-order valence-corrected chi connectivity index (χ2v) is 4.52. The van der Waals surface area contributed by atoms with E-state index in [2.05, 4.69) is 20.9 Å². The maximum atomic E-state index is 5.66. The Balaban J connectivity index is 1.99. The van der Waals surface area contributed by atoms with Crippen LogP contribution in [0.2, 0.25) is 0 Å². The number of halogens is 1. The zero-order valence-corrected chi connectivity index (χ0v) is 10.9. The molecule has 0 fully saturated rings. The number of hydrogen-bond acceptors (Lipinski definition) is 3. The van der Waals surface area contributed by atoms with Crippen LogP contribution in [0, 0.1) is 0 Å². The number of benzene rings is 1. The minimum atomic E-state index is 0.426. The lowest BCUT2D eigenvalue weighted by molar-refractivity contribution is 0.305. The van der Waals surface area contributed by atoms with Crippen LogP contribution in [0.1, 0.15) is 11.3 Å². The molecule has 0 spiro atoms. The molecule has 1 aromatic heterocycles. The molecule has 0 saturated carbocycles. The van der Waals surface area contributed by atoms with Gasteiger partial charge in [0, 0.05) is 23.3 Å². The van der Waals surface area contributed by atoms with Gasteiger partial charge in [0.25, 0.3) is 0 Å². The van der Waals surface area contributed by atoms with E-state index in [1.807, 2.05) is 36.4 Å². The van der Waals surface area contributed by atoms with Crippen LogP contribution in [-0.4, -0.2) is 4.98 Å². The molecule has 0 bridgehead atoms. The Labute approximate surface area is 109 Å². The van der Waals surface area contributed by atoms with Crippen LogP contribution in [0.25, 0.3) is 0 Å². The average Bonchev–Trinajstić information content (AvgIpc) is 2.38. The number of pyridine rings is 1. The summed E-state index contributed by atoms with van der Waals surface area (Å²) in [6.45, 7) is 0.969. The summed E-state index contributed by atoms with van der Waals surface area (Å²) in [6.07, 6.45) is 1.71. The Hall–Kier alpha value is -1.39. The second-order valence-electron chi connectivity index (χ2n) is 3.60. The molecular formula is C13H13BrN2O. The predicted octanol–water partition coefficient (Wildman–Crippen LogP) is 2.88. The topological polar surface area (TPSA) is 48.1 Å². The average molecular weight is 293 g/mol. The summed E-state index contributed by atoms with van der Waals surface area (Å²) in [5.74, 6) is 0.795. The molecule has 0 atom stereocenters. The van der Waals surface area contributed by atoms with Crippen LogP contribution >= 0.6 is 15.9 Å². The fourth-order valence-corrected chi connectivity index (χ4v) is 1.67. The summed E-state index contributed by atoms with van der Waals surface area (Å²) in [5.41, 5.74) is 7.48. The zero-order chi connectivity index (χ0) is 12.1. The smallest absolute Gasteiger partial charge is 0.123 e. The van der Waals surface area contributed by atoms with Crippen LogP contribution in [0.5, 0.6) is 5.75 Å². The van der Waals surface area contributed by atoms with Crippen LogP contribution < -0.4 is 10.5 Å². The van der Waals surface area contributed by atoms with Gasteiger partial charge in [0.1, 0.15) is 12.4 Å². The van der Waals surface area contributed by atoms with Crippen LogP contribution in [0.15, 0.2) is 47.1 Å². The molecule has 2 N–H and O–H groups in total. The second kappa shape index (κ2) is 5.80. The Kier molecular flexibility index (Phi) is 4.12. The summed E-state index contributed by atoms with van der Waals surface area (Å²) in [5, 5.41) is 0. The summed E-state index contributed by atoms with van der Waals surface area (Å²) < 4.78 is 6.73. The van der Waals surface area contributed by atoms with E-state index in [0.717, 1.165) is 21.5 Å². The van der Waals surface area contributed by atoms with Crippen LogP contribution in [0.4, 0.5) is 0 Å². The monoisotopic (exact) mass is 292 g/mol. The molecule has 2 rings (SSSR count). The molecule has 0 aliphatic carbocycles. The van der Waals surface area contributed by atoms with Gasteiger partial charge in [0.05, 0.1) is 5.69 Å². The first-order valence-electron chi connectivity index (χ1n) is 5.30. The van der Waals surface area contributed by atoms with Crippen LogP contribution in [-0.2, 0) is 13.2 Å². The third kappa shape index (κ3) is 3.54. The van der Waals surface area contributed by atoms with E-state index in [1.54, 1.807) is 6.20 Å². The van der Waals surface area contributed by atoms with Gasteiger partial charge in [-0.1, -0.05) is 28.1 Å². The van der Waals surface area contributed by atoms with Gasteiger partial charge >= 0.3 is 0 Å². The molecule has 3 nitrogen and oxygen atoms in total. The summed E-state index contributed by atoms with van der Waals surface area (Å²) in [7, 11) is 0. The lowest BCUT2D eigenvalue weighted by atomic mass is 10.2. The maximum Gasteiger partial charge on any atom is 0.123 e. The number of ether oxygens (including phenoxy) is 1. The number of nitrogens with two attached hydrogens (primary N) is 1. The maximum absolute atomic E-state index is 5.66. The van der Waals surface area contributed by atoms with Crippen molar-refractivity contribution in [2.24, 2.45) is 5.73 Å². The minimum absolute atomic E-state index is 0.426. The Morgan fingerprint density at radius 1 is 1.18 bits per heavy atom. The number of hydrogen-bond donors (Lipinski definition) is 1. The van der Waals surface area contributed by atoms with Gasteiger partial charge in [-0.3, -0.25) is 4.98 Å². The molecule has 1 heterocycles. The zero-order valence-electron chi connectivity index (χ0n) is 9.27. The van der Waals surface area contributed by atoms with E-state index < -0.39 is 0 Å². The fraction of sp³-hybridized carbons (Fsp3) is 0.154. The first-order chi connectivity index (χ1) is 8.28. The normalized spacial score (nSPS) is 10.2. The first-order valence-corrected chi connectivity index (χ1v) is 6.09. The van der Waals surface area contributed by atoms with Gasteiger partial charge in [-0.2, -0.15) is 0 Å². The van der Waals surface area contributed by atoms with Gasteiger partial charge in [-0.05, 0) is 23.8 Å². The highest BCUT2D eigenvalue weighted by molar-refractivity contribution is 9.10. The highest BCUT2D eigenvalue weighted by Gasteiger charge is 1.98. The molecule has 0 aliphatic rings. The molecule has 4 heteroatoms. The van der Waals surface area contributed by atoms with Crippen molar-refractivity contribution in [2.75, 3.05) is 0 Å². The van der Waals surface area contributed by atoms with E-state index in [1.165, 1.54) is 0 Å². The largest absolute Gasteiger partial charge is 0.489 e. The molecular weight excluding hydrogens is 280 g/mol. The third-order valence-corrected chi connectivity index (χ3v) is 2.84. The van der Waals surface area contributed by atoms with Crippen molar-refractivity contribution in [3.8, 4) is 5.75 Å². The van der Waals surface area contributed by atoms with E-state index in [4.69, 9.17) is 10.5 Å². The minimum Gasteiger partial charge on any atom is -0.489 e. The summed E-state index contributed by atoms with van der Waals surface area (Å²) in [4.78, 5) is 4.11. The summed E-state index contributed by atoms with van der Waals surface area (Å²) in [6, 6.07) is 11.7. The van der Waals surface area contributed by atoms with Gasteiger partial charge in [-0.25, -0.2) is 0 Å². The molecule has 0 aliphatic heterocycles. The fourth-order valence-electron chi connectivity index (χ4n) is 1.40. The van der Waals surface area contributed by atoms with Crippen molar-refractivity contribution >= 4 is 15.9 Å². The molecule has 0 radical (unpaired) electrons. The Morgan fingerprint density at radius 3 is 2.65 bits per heavy atom. The highest BCUT2D eigenvalue weighted by Crippen LogP contribution is 2.15. The Morgan fingerprint density at radius 2 is 1.94 bits per heavy atom. The Bertz CT molecular complexity index is 485. The molecule has 0 unspecified atom stereocenters. The predicted molar refractivity (Wildman–Crippen MR) is 70.6 cm³/mol. The number of nitrogens with zero attached hydrogens (tertiary/aromatic N) is 1. The van der Waals surface area contributed by atoms with Gasteiger partial charge in [-0.15, -0.1) is 0 Å². The SMILES string of the molecule is NCc1cc(OCc2ccc(Br)cc2)ccn1. The molecule has 2 aromatic rings. The molecule has 17 heavy (non-hydrogen) atoms. The van der Waals surface area contributed by atoms with Crippen molar-refractivity contribution in [3.05, 3.63) is 58.3 Å². The van der Waals surface area contributed by atoms with Crippen molar-refractivity contribution in [2.45, 2.75) is 13.2 Å².